The van der Waals surface area contributed by atoms with Crippen molar-refractivity contribution >= 4 is 11.5 Å². The minimum absolute atomic E-state index is 0.316. The second kappa shape index (κ2) is 5.25. The SMILES string of the molecule is COC(=O)c1ccc2cnc(C3CCCCN3C)n2c1. The third-order valence-corrected chi connectivity index (χ3v) is 4.05. The fourth-order valence-electron chi connectivity index (χ4n) is 2.90. The van der Waals surface area contributed by atoms with Crippen molar-refractivity contribution in [3.05, 3.63) is 35.9 Å². The van der Waals surface area contributed by atoms with Crippen molar-refractivity contribution in [2.45, 2.75) is 25.3 Å². The van der Waals surface area contributed by atoms with Crippen molar-refractivity contribution in [2.24, 2.45) is 0 Å². The molecular formula is C15H19N3O2. The summed E-state index contributed by atoms with van der Waals surface area (Å²) in [6.45, 7) is 1.09. The van der Waals surface area contributed by atoms with E-state index in [9.17, 15) is 4.79 Å². The van der Waals surface area contributed by atoms with Crippen LogP contribution in [0, 0.1) is 0 Å². The van der Waals surface area contributed by atoms with Crippen molar-refractivity contribution in [2.75, 3.05) is 20.7 Å². The van der Waals surface area contributed by atoms with Crippen molar-refractivity contribution < 1.29 is 9.53 Å². The fraction of sp³-hybridized carbons (Fsp3) is 0.467. The van der Waals surface area contributed by atoms with Crippen LogP contribution >= 0.6 is 0 Å². The second-order valence-corrected chi connectivity index (χ2v) is 5.31. The molecule has 1 fully saturated rings. The third kappa shape index (κ3) is 2.18. The number of imidazole rings is 1. The average molecular weight is 273 g/mol. The van der Waals surface area contributed by atoms with Crippen LogP contribution in [0.25, 0.3) is 5.52 Å². The summed E-state index contributed by atoms with van der Waals surface area (Å²) in [7, 11) is 3.53. The molecule has 0 aromatic carbocycles. The summed E-state index contributed by atoms with van der Waals surface area (Å²) >= 11 is 0. The lowest BCUT2D eigenvalue weighted by Gasteiger charge is -2.31. The van der Waals surface area contributed by atoms with Gasteiger partial charge >= 0.3 is 5.97 Å². The van der Waals surface area contributed by atoms with E-state index in [0.29, 0.717) is 11.6 Å². The van der Waals surface area contributed by atoms with Gasteiger partial charge in [0.1, 0.15) is 5.82 Å². The van der Waals surface area contributed by atoms with Gasteiger partial charge in [0.2, 0.25) is 0 Å². The predicted molar refractivity (Wildman–Crippen MR) is 75.8 cm³/mol. The van der Waals surface area contributed by atoms with E-state index in [0.717, 1.165) is 24.3 Å². The normalized spacial score (nSPS) is 20.2. The van der Waals surface area contributed by atoms with Gasteiger partial charge in [0.05, 0.1) is 30.4 Å². The maximum atomic E-state index is 11.7. The molecule has 5 nitrogen and oxygen atoms in total. The number of carbonyl (C=O) groups is 1. The number of aromatic nitrogens is 2. The van der Waals surface area contributed by atoms with Crippen LogP contribution in [0.4, 0.5) is 0 Å². The van der Waals surface area contributed by atoms with Crippen LogP contribution in [0.15, 0.2) is 24.5 Å². The largest absolute Gasteiger partial charge is 0.465 e. The summed E-state index contributed by atoms with van der Waals surface area (Å²) in [5, 5.41) is 0. The van der Waals surface area contributed by atoms with E-state index in [1.54, 1.807) is 6.07 Å². The molecule has 0 saturated carbocycles. The highest BCUT2D eigenvalue weighted by Crippen LogP contribution is 2.29. The first kappa shape index (κ1) is 13.1. The first-order valence-corrected chi connectivity index (χ1v) is 6.96. The molecule has 5 heteroatoms. The highest BCUT2D eigenvalue weighted by atomic mass is 16.5. The number of hydrogen-bond donors (Lipinski definition) is 0. The molecule has 1 atom stereocenters. The van der Waals surface area contributed by atoms with Gasteiger partial charge in [0.25, 0.3) is 0 Å². The van der Waals surface area contributed by atoms with Gasteiger partial charge in [0.15, 0.2) is 0 Å². The van der Waals surface area contributed by atoms with Gasteiger partial charge in [-0.2, -0.15) is 0 Å². The molecule has 0 bridgehead atoms. The fourth-order valence-corrected chi connectivity index (χ4v) is 2.90. The van der Waals surface area contributed by atoms with E-state index in [1.807, 2.05) is 22.9 Å². The molecule has 1 aliphatic heterocycles. The number of hydrogen-bond acceptors (Lipinski definition) is 4. The quantitative estimate of drug-likeness (QED) is 0.788. The van der Waals surface area contributed by atoms with E-state index in [4.69, 9.17) is 4.74 Å². The average Bonchev–Trinajstić information content (AvgIpc) is 2.90. The van der Waals surface area contributed by atoms with E-state index < -0.39 is 0 Å². The summed E-state index contributed by atoms with van der Waals surface area (Å²) in [4.78, 5) is 18.6. The van der Waals surface area contributed by atoms with E-state index >= 15 is 0 Å². The Hall–Kier alpha value is -1.88. The third-order valence-electron chi connectivity index (χ3n) is 4.05. The van der Waals surface area contributed by atoms with Crippen LogP contribution in [0.1, 0.15) is 41.5 Å². The van der Waals surface area contributed by atoms with Crippen molar-refractivity contribution in [1.29, 1.82) is 0 Å². The first-order chi connectivity index (χ1) is 9.70. The number of ether oxygens (including phenoxy) is 1. The number of nitrogens with zero attached hydrogens (tertiary/aromatic N) is 3. The Morgan fingerprint density at radius 2 is 2.25 bits per heavy atom. The summed E-state index contributed by atoms with van der Waals surface area (Å²) < 4.78 is 6.80. The Bertz CT molecular complexity index is 635. The maximum Gasteiger partial charge on any atom is 0.339 e. The smallest absolute Gasteiger partial charge is 0.339 e. The van der Waals surface area contributed by atoms with Crippen LogP contribution in [0.5, 0.6) is 0 Å². The van der Waals surface area contributed by atoms with Crippen molar-refractivity contribution in [3.8, 4) is 0 Å². The summed E-state index contributed by atoms with van der Waals surface area (Å²) in [5.74, 6) is 0.691. The molecule has 0 amide bonds. The summed E-state index contributed by atoms with van der Waals surface area (Å²) in [5.41, 5.74) is 1.56. The van der Waals surface area contributed by atoms with Crippen molar-refractivity contribution in [3.63, 3.8) is 0 Å². The number of methoxy groups -OCH3 is 1. The number of piperidine rings is 1. The molecule has 20 heavy (non-hydrogen) atoms. The number of rotatable bonds is 2. The lowest BCUT2D eigenvalue weighted by atomic mass is 10.0. The molecule has 2 aromatic rings. The Kier molecular flexibility index (Phi) is 3.44. The van der Waals surface area contributed by atoms with Gasteiger partial charge in [-0.1, -0.05) is 6.42 Å². The monoisotopic (exact) mass is 273 g/mol. The lowest BCUT2D eigenvalue weighted by Crippen LogP contribution is -2.30. The molecule has 0 aliphatic carbocycles. The Morgan fingerprint density at radius 3 is 3.00 bits per heavy atom. The minimum atomic E-state index is -0.316. The highest BCUT2D eigenvalue weighted by Gasteiger charge is 2.24. The van der Waals surface area contributed by atoms with Crippen molar-refractivity contribution in [1.82, 2.24) is 14.3 Å². The predicted octanol–water partition coefficient (Wildman–Crippen LogP) is 2.28. The molecule has 2 aromatic heterocycles. The number of pyridine rings is 1. The molecule has 1 unspecified atom stereocenters. The topological polar surface area (TPSA) is 46.8 Å². The molecule has 0 spiro atoms. The summed E-state index contributed by atoms with van der Waals surface area (Å²) in [6, 6.07) is 4.00. The van der Waals surface area contributed by atoms with E-state index in [2.05, 4.69) is 16.9 Å². The second-order valence-electron chi connectivity index (χ2n) is 5.31. The molecule has 3 heterocycles. The Morgan fingerprint density at radius 1 is 1.40 bits per heavy atom. The van der Waals surface area contributed by atoms with Crippen LogP contribution in [0.3, 0.4) is 0 Å². The van der Waals surface area contributed by atoms with Gasteiger partial charge in [-0.05, 0) is 38.6 Å². The zero-order valence-corrected chi connectivity index (χ0v) is 11.9. The van der Waals surface area contributed by atoms with E-state index in [-0.39, 0.29) is 5.97 Å². The molecule has 0 radical (unpaired) electrons. The van der Waals surface area contributed by atoms with Crippen LogP contribution in [-0.4, -0.2) is 41.0 Å². The van der Waals surface area contributed by atoms with Gasteiger partial charge in [-0.25, -0.2) is 9.78 Å². The highest BCUT2D eigenvalue weighted by molar-refractivity contribution is 5.89. The van der Waals surface area contributed by atoms with Crippen LogP contribution < -0.4 is 0 Å². The molecule has 3 rings (SSSR count). The van der Waals surface area contributed by atoms with Gasteiger partial charge in [-0.15, -0.1) is 0 Å². The molecule has 1 saturated heterocycles. The zero-order chi connectivity index (χ0) is 14.1. The van der Waals surface area contributed by atoms with Gasteiger partial charge in [0, 0.05) is 6.20 Å². The molecule has 106 valence electrons. The van der Waals surface area contributed by atoms with Crippen LogP contribution in [-0.2, 0) is 4.74 Å². The van der Waals surface area contributed by atoms with Crippen LogP contribution in [0.2, 0.25) is 0 Å². The summed E-state index contributed by atoms with van der Waals surface area (Å²) in [6.07, 6.45) is 7.26. The zero-order valence-electron chi connectivity index (χ0n) is 11.9. The number of likely N-dealkylation sites (tertiary alicyclic amines) is 1. The number of fused-ring (bicyclic) bond motifs is 1. The standard InChI is InChI=1S/C15H19N3O2/c1-17-8-4-3-5-13(17)14-16-9-12-7-6-11(10-18(12)14)15(19)20-2/h6-7,9-10,13H,3-5,8H2,1-2H3. The van der Waals surface area contributed by atoms with Gasteiger partial charge < -0.3 is 9.14 Å². The van der Waals surface area contributed by atoms with E-state index in [1.165, 1.54) is 20.0 Å². The molecule has 0 N–H and O–H groups in total. The van der Waals surface area contributed by atoms with Gasteiger partial charge in [-0.3, -0.25) is 4.90 Å². The Labute approximate surface area is 118 Å². The molecular weight excluding hydrogens is 254 g/mol. The number of esters is 1. The lowest BCUT2D eigenvalue weighted by molar-refractivity contribution is 0.0600. The number of carbonyl (C=O) groups excluding carboxylic acids is 1. The molecule has 1 aliphatic rings. The minimum Gasteiger partial charge on any atom is -0.465 e. The Balaban J connectivity index is 2.04. The maximum absolute atomic E-state index is 11.7. The first-order valence-electron chi connectivity index (χ1n) is 6.96.